The molecule has 0 aromatic carbocycles. The molecular formula is C67H121N3O26. The highest BCUT2D eigenvalue weighted by Crippen LogP contribution is 2.40. The van der Waals surface area contributed by atoms with E-state index in [-0.39, 0.29) is 12.3 Å². The highest BCUT2D eigenvalue weighted by molar-refractivity contribution is 5.77. The SMILES string of the molecule is CCCCCCCCCCCCC/C=C/[C@@H](O)[C@H](CO[C@@H]1O[C@@H](CO)[C@@H](O[C@@H]2OC(CO)[C@H](O[C@@H]3OC(CO)[C@H](O)C(O)C3NC(C)=O)C(O[C@]3(C(=O)O)C[C@@H](O)[C@@H](NC(C)=O)C([C@H](O)[C@H](O)CO)O3)C2O)C(O)C1O)NC(=O)CCCCCCCCCCCCCCCCC. The average Bonchev–Trinajstić information content (AvgIpc) is 0.761. The number of allylic oxidation sites excluding steroid dienone is 1. The van der Waals surface area contributed by atoms with Crippen molar-refractivity contribution in [1.82, 2.24) is 16.0 Å². The van der Waals surface area contributed by atoms with E-state index in [4.69, 9.17) is 37.9 Å². The van der Waals surface area contributed by atoms with Crippen molar-refractivity contribution in [3.05, 3.63) is 12.2 Å². The van der Waals surface area contributed by atoms with E-state index in [0.717, 1.165) is 65.2 Å². The summed E-state index contributed by atoms with van der Waals surface area (Å²) in [4.78, 5) is 51.9. The van der Waals surface area contributed by atoms with E-state index in [9.17, 15) is 90.7 Å². The lowest BCUT2D eigenvalue weighted by molar-refractivity contribution is -0.401. The molecule has 29 nitrogen and oxygen atoms in total. The van der Waals surface area contributed by atoms with E-state index >= 15 is 0 Å². The van der Waals surface area contributed by atoms with Crippen LogP contribution < -0.4 is 16.0 Å². The van der Waals surface area contributed by atoms with Gasteiger partial charge in [0.1, 0.15) is 91.5 Å². The summed E-state index contributed by atoms with van der Waals surface area (Å²) < 4.78 is 47.9. The molecule has 4 heterocycles. The number of hydrogen-bond acceptors (Lipinski definition) is 25. The van der Waals surface area contributed by atoms with Crippen LogP contribution in [0.2, 0.25) is 0 Å². The van der Waals surface area contributed by atoms with Crippen LogP contribution in [0.3, 0.4) is 0 Å². The second-order valence-electron chi connectivity index (χ2n) is 26.5. The first-order valence-electron chi connectivity index (χ1n) is 35.6. The number of unbranched alkanes of at least 4 members (excludes halogenated alkanes) is 25. The maximum absolute atomic E-state index is 13.6. The van der Waals surface area contributed by atoms with Crippen LogP contribution in [0.15, 0.2) is 12.2 Å². The molecule has 0 aliphatic carbocycles. The van der Waals surface area contributed by atoms with Gasteiger partial charge in [-0.2, -0.15) is 0 Å². The van der Waals surface area contributed by atoms with Crippen LogP contribution in [-0.4, -0.2) is 269 Å². The van der Waals surface area contributed by atoms with Crippen LogP contribution in [0.4, 0.5) is 0 Å². The van der Waals surface area contributed by atoms with Crippen LogP contribution in [0, 0.1) is 0 Å². The third-order valence-electron chi connectivity index (χ3n) is 18.5. The molecule has 560 valence electrons. The normalized spacial score (nSPS) is 32.3. The zero-order valence-electron chi connectivity index (χ0n) is 57.1. The summed E-state index contributed by atoms with van der Waals surface area (Å²) in [6.07, 6.45) is -4.64. The minimum atomic E-state index is -3.28. The Morgan fingerprint density at radius 1 is 0.542 bits per heavy atom. The van der Waals surface area contributed by atoms with E-state index in [1.807, 2.05) is 6.08 Å². The minimum Gasteiger partial charge on any atom is -0.477 e. The highest BCUT2D eigenvalue weighted by Gasteiger charge is 2.61. The molecule has 4 rings (SSSR count). The Bertz CT molecular complexity index is 2180. The molecule has 3 amide bonds. The number of aliphatic carboxylic acids is 1. The van der Waals surface area contributed by atoms with E-state index in [1.54, 1.807) is 6.08 Å². The molecular weight excluding hydrogens is 1260 g/mol. The Hall–Kier alpha value is -3.22. The molecule has 9 unspecified atom stereocenters. The van der Waals surface area contributed by atoms with Crippen molar-refractivity contribution in [2.24, 2.45) is 0 Å². The first kappa shape index (κ1) is 85.2. The number of aliphatic hydroxyl groups is 13. The molecule has 0 saturated carbocycles. The standard InChI is InChI=1S/C67H121N3O26/c1-5-7-9-11-13-15-17-19-20-22-24-26-28-30-32-34-50(80)70-43(44(77)33-31-29-27-25-23-21-18-16-14-12-10-8-6-2)40-89-64-57(85)56(84)59(48(38-73)91-64)93-65-58(86)62(60(49(39-74)92-65)94-63-52(69-42(4)76)55(83)54(82)47(37-72)90-63)96-67(66(87)88)35-45(78)51(68-41(3)75)61(95-67)53(81)46(79)36-71/h31,33,43-49,51-65,71-74,77-79,81-86H,5-30,32,34-40H2,1-4H3,(H,68,75)(H,69,76)(H,70,80)(H,87,88)/b33-31+/t43-,44+,45+,46+,47?,48-,49?,51+,52?,53+,54-,55?,56?,57?,58?,59+,60-,61?,62?,63-,64+,65-,67-/m0/s1. The lowest BCUT2D eigenvalue weighted by Crippen LogP contribution is -2.72. The minimum absolute atomic E-state index is 0.162. The van der Waals surface area contributed by atoms with E-state index in [1.165, 1.54) is 109 Å². The van der Waals surface area contributed by atoms with Gasteiger partial charge in [0.2, 0.25) is 17.7 Å². The van der Waals surface area contributed by atoms with Crippen LogP contribution in [0.25, 0.3) is 0 Å². The predicted octanol–water partition coefficient (Wildman–Crippen LogP) is 1.13. The van der Waals surface area contributed by atoms with Crippen LogP contribution in [0.1, 0.15) is 214 Å². The van der Waals surface area contributed by atoms with Gasteiger partial charge in [-0.25, -0.2) is 4.79 Å². The lowest BCUT2D eigenvalue weighted by atomic mass is 9.88. The molecule has 0 bridgehead atoms. The summed E-state index contributed by atoms with van der Waals surface area (Å²) in [7, 11) is 0. The second-order valence-corrected chi connectivity index (χ2v) is 26.5. The Balaban J connectivity index is 1.54. The smallest absolute Gasteiger partial charge is 0.364 e. The van der Waals surface area contributed by atoms with Gasteiger partial charge in [0.15, 0.2) is 18.9 Å². The fourth-order valence-corrected chi connectivity index (χ4v) is 12.8. The van der Waals surface area contributed by atoms with Gasteiger partial charge in [-0.1, -0.05) is 180 Å². The summed E-state index contributed by atoms with van der Waals surface area (Å²) in [5, 5.41) is 163. The molecule has 4 saturated heterocycles. The quantitative estimate of drug-likeness (QED) is 0.0300. The van der Waals surface area contributed by atoms with Crippen molar-refractivity contribution in [3.8, 4) is 0 Å². The van der Waals surface area contributed by atoms with Gasteiger partial charge in [0.05, 0.1) is 57.3 Å². The first-order valence-corrected chi connectivity index (χ1v) is 35.6. The van der Waals surface area contributed by atoms with Gasteiger partial charge >= 0.3 is 5.97 Å². The van der Waals surface area contributed by atoms with E-state index < -0.39 is 198 Å². The summed E-state index contributed by atoms with van der Waals surface area (Å²) in [6.45, 7) is 1.73. The number of ether oxygens (including phenoxy) is 8. The Labute approximate surface area is 565 Å². The van der Waals surface area contributed by atoms with Crippen molar-refractivity contribution in [2.75, 3.05) is 33.0 Å². The Morgan fingerprint density at radius 3 is 1.51 bits per heavy atom. The van der Waals surface area contributed by atoms with Crippen molar-refractivity contribution >= 4 is 23.7 Å². The molecule has 29 heteroatoms. The molecule has 96 heavy (non-hydrogen) atoms. The molecule has 4 aliphatic rings. The fourth-order valence-electron chi connectivity index (χ4n) is 12.8. The van der Waals surface area contributed by atoms with Gasteiger partial charge < -0.3 is 125 Å². The molecule has 0 radical (unpaired) electrons. The number of hydrogen-bond donors (Lipinski definition) is 17. The highest BCUT2D eigenvalue weighted by atomic mass is 16.8. The average molecular weight is 1380 g/mol. The number of rotatable bonds is 49. The number of aliphatic hydroxyl groups excluding tert-OH is 13. The second kappa shape index (κ2) is 46.3. The number of carbonyl (C=O) groups excluding carboxylic acids is 3. The maximum atomic E-state index is 13.6. The summed E-state index contributed by atoms with van der Waals surface area (Å²) in [5.74, 6) is -7.36. The number of nitrogens with one attached hydrogen (secondary N) is 3. The summed E-state index contributed by atoms with van der Waals surface area (Å²) in [5.41, 5.74) is 0. The van der Waals surface area contributed by atoms with Crippen molar-refractivity contribution in [1.29, 1.82) is 0 Å². The molecule has 0 aromatic rings. The van der Waals surface area contributed by atoms with Crippen molar-refractivity contribution in [3.63, 3.8) is 0 Å². The zero-order chi connectivity index (χ0) is 70.7. The molecule has 0 aromatic heterocycles. The summed E-state index contributed by atoms with van der Waals surface area (Å²) in [6, 6.07) is -4.52. The molecule has 23 atom stereocenters. The monoisotopic (exact) mass is 1380 g/mol. The van der Waals surface area contributed by atoms with Crippen molar-refractivity contribution in [2.45, 2.75) is 354 Å². The number of amides is 3. The Morgan fingerprint density at radius 2 is 1.01 bits per heavy atom. The summed E-state index contributed by atoms with van der Waals surface area (Å²) >= 11 is 0. The molecule has 0 spiro atoms. The molecule has 4 fully saturated rings. The zero-order valence-corrected chi connectivity index (χ0v) is 57.1. The Kier molecular flexibility index (Phi) is 41.1. The van der Waals surface area contributed by atoms with Crippen LogP contribution in [-0.2, 0) is 57.1 Å². The fraction of sp³-hybridized carbons (Fsp3) is 0.910. The van der Waals surface area contributed by atoms with Gasteiger partial charge in [-0.15, -0.1) is 0 Å². The molecule has 17 N–H and O–H groups in total. The van der Waals surface area contributed by atoms with Gasteiger partial charge in [0, 0.05) is 26.7 Å². The third-order valence-corrected chi connectivity index (χ3v) is 18.5. The number of carboxylic acids is 1. The van der Waals surface area contributed by atoms with Crippen LogP contribution >= 0.6 is 0 Å². The third kappa shape index (κ3) is 27.6. The largest absolute Gasteiger partial charge is 0.477 e. The first-order chi connectivity index (χ1) is 46.0. The van der Waals surface area contributed by atoms with Crippen LogP contribution in [0.5, 0.6) is 0 Å². The number of carbonyl (C=O) groups is 4. The lowest BCUT2D eigenvalue weighted by Gasteiger charge is -2.52. The maximum Gasteiger partial charge on any atom is 0.364 e. The predicted molar refractivity (Wildman–Crippen MR) is 346 cm³/mol. The van der Waals surface area contributed by atoms with Gasteiger partial charge in [-0.05, 0) is 19.3 Å². The van der Waals surface area contributed by atoms with E-state index in [2.05, 4.69) is 29.8 Å². The molecule has 4 aliphatic heterocycles. The van der Waals surface area contributed by atoms with Crippen molar-refractivity contribution < 1.29 is 129 Å². The topological polar surface area (TPSA) is 461 Å². The van der Waals surface area contributed by atoms with Gasteiger partial charge in [-0.3, -0.25) is 14.4 Å². The number of carboxylic acid groups (broad SMARTS) is 1. The van der Waals surface area contributed by atoms with E-state index in [0.29, 0.717) is 12.8 Å². The van der Waals surface area contributed by atoms with Gasteiger partial charge in [0.25, 0.3) is 5.79 Å².